The summed E-state index contributed by atoms with van der Waals surface area (Å²) in [6, 6.07) is 7.04. The molecule has 0 fully saturated rings. The average molecular weight is 308 g/mol. The van der Waals surface area contributed by atoms with Crippen LogP contribution in [0.5, 0.6) is 5.75 Å². The number of rotatable bonds is 5. The molecule has 0 spiro atoms. The van der Waals surface area contributed by atoms with Gasteiger partial charge in [-0.15, -0.1) is 0 Å². The lowest BCUT2D eigenvalue weighted by Gasteiger charge is -2.16. The molecule has 2 aromatic rings. The molecule has 0 aliphatic rings. The highest BCUT2D eigenvalue weighted by Gasteiger charge is 2.25. The van der Waals surface area contributed by atoms with Crippen molar-refractivity contribution < 1.29 is 17.9 Å². The van der Waals surface area contributed by atoms with Crippen LogP contribution < -0.4 is 4.74 Å². The first-order chi connectivity index (χ1) is 10.5. The van der Waals surface area contributed by atoms with E-state index < -0.39 is 25.4 Å². The molecule has 6 heteroatoms. The van der Waals surface area contributed by atoms with Gasteiger partial charge in [-0.3, -0.25) is 4.98 Å². The van der Waals surface area contributed by atoms with Crippen LogP contribution in [0.4, 0.5) is 13.2 Å². The summed E-state index contributed by atoms with van der Waals surface area (Å²) in [5.41, 5.74) is 1.41. The normalized spacial score (nSPS) is 13.6. The maximum absolute atomic E-state index is 13.9. The highest BCUT2D eigenvalue weighted by Crippen LogP contribution is 2.32. The van der Waals surface area contributed by atoms with Gasteiger partial charge >= 0.3 is 0 Å². The standard InChI is InChI=1S/C16H15F3N2O/c1-9-11(8-20)10(6-12(18)13(19)7-17)16-14(21-9)4-3-5-15(16)22-2/h3-5,12-13H,6-7H2,1-2H3. The number of hydrogen-bond acceptors (Lipinski definition) is 3. The number of benzene rings is 1. The molecule has 0 amide bonds. The van der Waals surface area contributed by atoms with Gasteiger partial charge in [0.2, 0.25) is 0 Å². The van der Waals surface area contributed by atoms with E-state index in [1.165, 1.54) is 7.11 Å². The van der Waals surface area contributed by atoms with Crippen LogP contribution in [0.1, 0.15) is 16.8 Å². The van der Waals surface area contributed by atoms with E-state index >= 15 is 0 Å². The van der Waals surface area contributed by atoms with Crippen molar-refractivity contribution in [2.75, 3.05) is 13.8 Å². The Hall–Kier alpha value is -2.29. The molecular weight excluding hydrogens is 293 g/mol. The highest BCUT2D eigenvalue weighted by atomic mass is 19.2. The number of pyridine rings is 1. The fraction of sp³-hybridized carbons (Fsp3) is 0.375. The van der Waals surface area contributed by atoms with Gasteiger partial charge in [-0.25, -0.2) is 13.2 Å². The summed E-state index contributed by atoms with van der Waals surface area (Å²) in [6.45, 7) is 0.221. The van der Waals surface area contributed by atoms with Gasteiger partial charge in [0.15, 0.2) is 6.17 Å². The fourth-order valence-electron chi connectivity index (χ4n) is 2.44. The van der Waals surface area contributed by atoms with Crippen molar-refractivity contribution in [3.63, 3.8) is 0 Å². The van der Waals surface area contributed by atoms with Crippen LogP contribution in [0.15, 0.2) is 18.2 Å². The van der Waals surface area contributed by atoms with Gasteiger partial charge in [-0.1, -0.05) is 6.07 Å². The Morgan fingerprint density at radius 2 is 2.05 bits per heavy atom. The lowest BCUT2D eigenvalue weighted by molar-refractivity contribution is 0.137. The van der Waals surface area contributed by atoms with Crippen LogP contribution >= 0.6 is 0 Å². The van der Waals surface area contributed by atoms with E-state index in [0.29, 0.717) is 27.9 Å². The second-order valence-electron chi connectivity index (χ2n) is 4.91. The Labute approximate surface area is 126 Å². The number of fused-ring (bicyclic) bond motifs is 1. The maximum Gasteiger partial charge on any atom is 0.160 e. The van der Waals surface area contributed by atoms with E-state index in [2.05, 4.69) is 4.98 Å². The first-order valence-electron chi connectivity index (χ1n) is 6.73. The topological polar surface area (TPSA) is 45.9 Å². The molecule has 0 aliphatic carbocycles. The third-order valence-corrected chi connectivity index (χ3v) is 3.53. The number of aryl methyl sites for hydroxylation is 1. The molecule has 0 saturated carbocycles. The van der Waals surface area contributed by atoms with Crippen molar-refractivity contribution in [2.24, 2.45) is 0 Å². The van der Waals surface area contributed by atoms with E-state index in [1.807, 2.05) is 6.07 Å². The Morgan fingerprint density at radius 1 is 1.32 bits per heavy atom. The summed E-state index contributed by atoms with van der Waals surface area (Å²) in [5, 5.41) is 9.77. The predicted octanol–water partition coefficient (Wildman–Crippen LogP) is 3.61. The Bertz CT molecular complexity index is 727. The third kappa shape index (κ3) is 2.84. The summed E-state index contributed by atoms with van der Waals surface area (Å²) >= 11 is 0. The molecule has 116 valence electrons. The van der Waals surface area contributed by atoms with Crippen molar-refractivity contribution >= 4 is 10.9 Å². The molecule has 0 bridgehead atoms. The second-order valence-corrected chi connectivity index (χ2v) is 4.91. The minimum absolute atomic E-state index is 0.172. The van der Waals surface area contributed by atoms with Crippen molar-refractivity contribution in [3.05, 3.63) is 35.0 Å². The summed E-state index contributed by atoms with van der Waals surface area (Å²) in [4.78, 5) is 4.30. The molecule has 0 aliphatic heterocycles. The second kappa shape index (κ2) is 6.65. The molecule has 2 unspecified atom stereocenters. The van der Waals surface area contributed by atoms with Gasteiger partial charge in [0, 0.05) is 11.8 Å². The molecule has 1 aromatic carbocycles. The van der Waals surface area contributed by atoms with Crippen molar-refractivity contribution in [3.8, 4) is 11.8 Å². The Kier molecular flexibility index (Phi) is 4.86. The number of nitriles is 1. The molecule has 2 rings (SSSR count). The van der Waals surface area contributed by atoms with Crippen molar-refractivity contribution in [1.29, 1.82) is 5.26 Å². The van der Waals surface area contributed by atoms with E-state index in [9.17, 15) is 18.4 Å². The number of hydrogen-bond donors (Lipinski definition) is 0. The lowest BCUT2D eigenvalue weighted by Crippen LogP contribution is -2.22. The highest BCUT2D eigenvalue weighted by molar-refractivity contribution is 5.90. The third-order valence-electron chi connectivity index (χ3n) is 3.53. The zero-order chi connectivity index (χ0) is 16.3. The molecule has 2 atom stereocenters. The van der Waals surface area contributed by atoms with Crippen molar-refractivity contribution in [2.45, 2.75) is 25.7 Å². The van der Waals surface area contributed by atoms with Gasteiger partial charge in [-0.05, 0) is 24.6 Å². The summed E-state index contributed by atoms with van der Waals surface area (Å²) in [7, 11) is 1.44. The summed E-state index contributed by atoms with van der Waals surface area (Å²) < 4.78 is 44.7. The first-order valence-corrected chi connectivity index (χ1v) is 6.73. The molecule has 3 nitrogen and oxygen atoms in total. The molecule has 1 aromatic heterocycles. The van der Waals surface area contributed by atoms with E-state index in [-0.39, 0.29) is 5.56 Å². The Balaban J connectivity index is 2.70. The molecule has 22 heavy (non-hydrogen) atoms. The number of halogens is 3. The van der Waals surface area contributed by atoms with Gasteiger partial charge in [0.05, 0.1) is 23.9 Å². The van der Waals surface area contributed by atoms with Crippen LogP contribution in [0.2, 0.25) is 0 Å². The molecule has 0 radical (unpaired) electrons. The monoisotopic (exact) mass is 308 g/mol. The van der Waals surface area contributed by atoms with Crippen LogP contribution in [0.25, 0.3) is 10.9 Å². The number of alkyl halides is 3. The summed E-state index contributed by atoms with van der Waals surface area (Å²) in [5.74, 6) is 0.416. The predicted molar refractivity (Wildman–Crippen MR) is 77.2 cm³/mol. The van der Waals surface area contributed by atoms with Crippen LogP contribution in [-0.2, 0) is 6.42 Å². The van der Waals surface area contributed by atoms with Crippen LogP contribution in [0, 0.1) is 18.3 Å². The number of nitrogens with zero attached hydrogens (tertiary/aromatic N) is 2. The molecular formula is C16H15F3N2O. The smallest absolute Gasteiger partial charge is 0.160 e. The quantitative estimate of drug-likeness (QED) is 0.847. The fourth-order valence-corrected chi connectivity index (χ4v) is 2.44. The zero-order valence-corrected chi connectivity index (χ0v) is 12.2. The van der Waals surface area contributed by atoms with Gasteiger partial charge in [-0.2, -0.15) is 5.26 Å². The largest absolute Gasteiger partial charge is 0.496 e. The molecule has 0 saturated heterocycles. The molecule has 1 heterocycles. The number of aromatic nitrogens is 1. The van der Waals surface area contributed by atoms with Gasteiger partial charge in [0.1, 0.15) is 24.7 Å². The minimum atomic E-state index is -2.22. The SMILES string of the molecule is COc1cccc2nc(C)c(C#N)c(CC(F)C(F)CF)c12. The van der Waals surface area contributed by atoms with E-state index in [1.54, 1.807) is 25.1 Å². The number of methoxy groups -OCH3 is 1. The summed E-state index contributed by atoms with van der Waals surface area (Å²) in [6.07, 6.45) is -4.66. The van der Waals surface area contributed by atoms with Gasteiger partial charge < -0.3 is 4.74 Å². The minimum Gasteiger partial charge on any atom is -0.496 e. The van der Waals surface area contributed by atoms with Crippen molar-refractivity contribution in [1.82, 2.24) is 4.98 Å². The van der Waals surface area contributed by atoms with Crippen LogP contribution in [-0.4, -0.2) is 31.1 Å². The number of ether oxygens (including phenoxy) is 1. The maximum atomic E-state index is 13.9. The van der Waals surface area contributed by atoms with E-state index in [4.69, 9.17) is 4.74 Å². The average Bonchev–Trinajstić information content (AvgIpc) is 2.53. The lowest BCUT2D eigenvalue weighted by atomic mass is 9.95. The Morgan fingerprint density at radius 3 is 2.64 bits per heavy atom. The van der Waals surface area contributed by atoms with E-state index in [0.717, 1.165) is 0 Å². The molecule has 0 N–H and O–H groups in total. The zero-order valence-electron chi connectivity index (χ0n) is 12.2. The van der Waals surface area contributed by atoms with Gasteiger partial charge in [0.25, 0.3) is 0 Å². The van der Waals surface area contributed by atoms with Crippen LogP contribution in [0.3, 0.4) is 0 Å². The first kappa shape index (κ1) is 16.1.